The summed E-state index contributed by atoms with van der Waals surface area (Å²) in [5, 5.41) is 0. The monoisotopic (exact) mass is 336 g/mol. The van der Waals surface area contributed by atoms with Gasteiger partial charge in [-0.05, 0) is 0 Å². The van der Waals surface area contributed by atoms with Gasteiger partial charge in [0.15, 0.2) is 0 Å². The normalized spacial score (nSPS) is 9.83. The van der Waals surface area contributed by atoms with E-state index in [1.807, 2.05) is 0 Å². The summed E-state index contributed by atoms with van der Waals surface area (Å²) in [6, 6.07) is 0. The van der Waals surface area contributed by atoms with Crippen LogP contribution in [0, 0.1) is 14.3 Å². The molecule has 0 aliphatic carbocycles. The van der Waals surface area contributed by atoms with Crippen LogP contribution in [0.3, 0.4) is 0 Å². The first kappa shape index (κ1) is 9.71. The van der Waals surface area contributed by atoms with E-state index >= 15 is 0 Å². The van der Waals surface area contributed by atoms with Gasteiger partial charge in [-0.1, -0.05) is 0 Å². The Kier molecular flexibility index (Phi) is 4.27. The van der Waals surface area contributed by atoms with Gasteiger partial charge < -0.3 is 19.2 Å². The Balaban J connectivity index is 0. The van der Waals surface area contributed by atoms with Crippen molar-refractivity contribution in [1.82, 2.24) is 0 Å². The van der Waals surface area contributed by atoms with Gasteiger partial charge in [0, 0.05) is 14.3 Å². The Morgan fingerprint density at radius 3 is 1.17 bits per heavy atom. The minimum Gasteiger partial charge on any atom is -0.822 e. The van der Waals surface area contributed by atoms with Crippen molar-refractivity contribution in [2.75, 3.05) is 0 Å². The summed E-state index contributed by atoms with van der Waals surface area (Å²) in [5.74, 6) is 0. The minimum absolute atomic E-state index is 0. The Hall–Kier alpha value is 0.500. The first-order chi connectivity index (χ1) is 2.00. The van der Waals surface area contributed by atoms with E-state index < -0.39 is 7.82 Å². The van der Waals surface area contributed by atoms with Crippen LogP contribution in [0.15, 0.2) is 0 Å². The molecule has 0 heterocycles. The van der Waals surface area contributed by atoms with Gasteiger partial charge >= 0.3 is 0 Å². The van der Waals surface area contributed by atoms with Gasteiger partial charge in [0.2, 0.25) is 0 Å². The Morgan fingerprint density at radius 1 is 1.17 bits per heavy atom. The van der Waals surface area contributed by atoms with Gasteiger partial charge in [0.05, 0.1) is 0 Å². The molecule has 0 spiro atoms. The minimum atomic E-state index is -5.39. The fourth-order valence-electron chi connectivity index (χ4n) is 0. The molecule has 0 saturated heterocycles. The molecule has 0 unspecified atom stereocenters. The van der Waals surface area contributed by atoms with Crippen molar-refractivity contribution in [3.63, 3.8) is 0 Å². The molecule has 0 saturated carbocycles. The van der Waals surface area contributed by atoms with Crippen LogP contribution in [0.25, 0.3) is 0 Å². The maximum absolute atomic E-state index is 8.55. The number of rotatable bonds is 0. The molecule has 0 atom stereocenters. The van der Waals surface area contributed by atoms with E-state index in [-0.39, 0.29) is 14.3 Å². The van der Waals surface area contributed by atoms with Gasteiger partial charge in [-0.25, -0.2) is 0 Å². The third kappa shape index (κ3) is 221. The van der Waals surface area contributed by atoms with E-state index in [0.717, 1.165) is 0 Å². The molecule has 4 nitrogen and oxygen atoms in total. The Morgan fingerprint density at radius 2 is 1.17 bits per heavy atom. The molecule has 0 aromatic heterocycles. The summed E-state index contributed by atoms with van der Waals surface area (Å²) < 4.78 is 8.55. The van der Waals surface area contributed by atoms with Gasteiger partial charge in [0.25, 0.3) is 0 Å². The molecule has 0 fully saturated rings. The Bertz CT molecular complexity index is 53.7. The summed E-state index contributed by atoms with van der Waals surface area (Å²) in [4.78, 5) is 25.6. The van der Waals surface area contributed by atoms with E-state index in [0.29, 0.717) is 0 Å². The molecule has 39 valence electrons. The molecule has 0 aliphatic heterocycles. The van der Waals surface area contributed by atoms with Crippen molar-refractivity contribution >= 4 is 7.82 Å². The van der Waals surface area contributed by atoms with Gasteiger partial charge in [-0.15, -0.1) is 0 Å². The second-order valence-electron chi connectivity index (χ2n) is 0.447. The maximum atomic E-state index is 8.55. The van der Waals surface area contributed by atoms with Crippen LogP contribution in [0.4, 0.5) is 0 Å². The SMILES string of the molecule is O=P([O-])([O-])[O-].[Am]. The van der Waals surface area contributed by atoms with E-state index in [1.165, 1.54) is 0 Å². The van der Waals surface area contributed by atoms with Crippen molar-refractivity contribution in [3.8, 4) is 0 Å². The second kappa shape index (κ2) is 2.64. The average Bonchev–Trinajstić information content (AvgIpc) is 0.722. The zero-order valence-electron chi connectivity index (χ0n) is 2.46. The maximum Gasteiger partial charge on any atom is 0 e. The fraction of sp³-hybridized carbons (Fsp3) is 0. The number of phosphoric acid groups is 1. The molecule has 6 heteroatoms. The van der Waals surface area contributed by atoms with Crippen molar-refractivity contribution in [2.24, 2.45) is 0 Å². The largest absolute Gasteiger partial charge is 0.822 e. The van der Waals surface area contributed by atoms with E-state index in [9.17, 15) is 0 Å². The average molecular weight is 338 g/mol. The van der Waals surface area contributed by atoms with Gasteiger partial charge in [-0.3, -0.25) is 0 Å². The molecule has 0 N–H and O–H groups in total. The quantitative estimate of drug-likeness (QED) is 0.446. The molecule has 0 aromatic carbocycles. The molecule has 0 amide bonds. The summed E-state index contributed by atoms with van der Waals surface area (Å²) in [7, 11) is -5.39. The molecular weight excluding hydrogens is 338 g/mol. The first-order valence-electron chi connectivity index (χ1n) is 0.730. The second-order valence-corrected chi connectivity index (χ2v) is 1.34. The van der Waals surface area contributed by atoms with Crippen LogP contribution in [0.2, 0.25) is 0 Å². The molecule has 6 heavy (non-hydrogen) atoms. The molecule has 0 bridgehead atoms. The third-order valence-corrected chi connectivity index (χ3v) is 0. The van der Waals surface area contributed by atoms with Crippen LogP contribution in [-0.4, -0.2) is 0 Å². The first-order valence-corrected chi connectivity index (χ1v) is 2.19. The van der Waals surface area contributed by atoms with E-state index in [2.05, 4.69) is 0 Å². The zero-order valence-corrected chi connectivity index (χ0v) is 6.50. The standard InChI is InChI=1S/Am.H3O4P/c;1-5(2,3)4/h;(H3,1,2,3,4)/p-3. The summed E-state index contributed by atoms with van der Waals surface area (Å²) >= 11 is 0. The van der Waals surface area contributed by atoms with Crippen LogP contribution in [0.1, 0.15) is 0 Å². The van der Waals surface area contributed by atoms with E-state index in [4.69, 9.17) is 19.2 Å². The summed E-state index contributed by atoms with van der Waals surface area (Å²) in [6.45, 7) is 0. The van der Waals surface area contributed by atoms with Crippen LogP contribution >= 0.6 is 7.82 Å². The number of hydrogen-bond acceptors (Lipinski definition) is 4. The molecule has 0 aromatic rings. The number of hydrogen-bond donors (Lipinski definition) is 0. The predicted octanol–water partition coefficient (Wildman–Crippen LogP) is -2.82. The van der Waals surface area contributed by atoms with E-state index in [1.54, 1.807) is 0 Å². The molecule has 0 rings (SSSR count). The van der Waals surface area contributed by atoms with Crippen molar-refractivity contribution < 1.29 is 33.5 Å². The third-order valence-electron chi connectivity index (χ3n) is 0. The van der Waals surface area contributed by atoms with Gasteiger partial charge in [-0.2, -0.15) is 7.82 Å². The van der Waals surface area contributed by atoms with Crippen molar-refractivity contribution in [3.05, 3.63) is 0 Å². The predicted molar refractivity (Wildman–Crippen MR) is 7.61 cm³/mol. The molecule has 1 radical (unpaired) electrons. The molecule has 0 aliphatic rings. The topological polar surface area (TPSA) is 86.2 Å². The van der Waals surface area contributed by atoms with Crippen LogP contribution in [0.5, 0.6) is 0 Å². The molecular formula is AmO4P-3. The smallest absolute Gasteiger partial charge is 0 e. The van der Waals surface area contributed by atoms with Crippen molar-refractivity contribution in [1.29, 1.82) is 0 Å². The van der Waals surface area contributed by atoms with Crippen LogP contribution in [-0.2, 0) is 4.57 Å². The summed E-state index contributed by atoms with van der Waals surface area (Å²) in [5.41, 5.74) is 0. The van der Waals surface area contributed by atoms with Crippen LogP contribution < -0.4 is 14.7 Å². The summed E-state index contributed by atoms with van der Waals surface area (Å²) in [6.07, 6.45) is 0. The zero-order chi connectivity index (χ0) is 4.50. The van der Waals surface area contributed by atoms with Gasteiger partial charge in [0.1, 0.15) is 0 Å². The van der Waals surface area contributed by atoms with Crippen molar-refractivity contribution in [2.45, 2.75) is 0 Å². The Labute approximate surface area is 42.3 Å². The fourth-order valence-corrected chi connectivity index (χ4v) is 0.